The monoisotopic (exact) mass is 351 g/mol. The van der Waals surface area contributed by atoms with Gasteiger partial charge in [0, 0.05) is 12.4 Å². The Kier molecular flexibility index (Phi) is 6.32. The third-order valence-corrected chi connectivity index (χ3v) is 5.73. The molecule has 1 aromatic carbocycles. The lowest BCUT2D eigenvalue weighted by Gasteiger charge is -2.28. The maximum atomic E-state index is 4.51. The van der Waals surface area contributed by atoms with Gasteiger partial charge in [0.2, 0.25) is 0 Å². The van der Waals surface area contributed by atoms with E-state index in [1.54, 1.807) is 0 Å². The summed E-state index contributed by atoms with van der Waals surface area (Å²) >= 11 is 0. The molecule has 0 saturated heterocycles. The molecule has 0 amide bonds. The van der Waals surface area contributed by atoms with Crippen molar-refractivity contribution in [2.24, 2.45) is 0 Å². The molecule has 142 valence electrons. The molecule has 2 rings (SSSR count). The number of hydrogen-bond acceptors (Lipinski definition) is 1. The minimum Gasteiger partial charge on any atom is -0.264 e. The van der Waals surface area contributed by atoms with Crippen molar-refractivity contribution in [3.8, 4) is 0 Å². The van der Waals surface area contributed by atoms with E-state index in [0.29, 0.717) is 11.8 Å². The van der Waals surface area contributed by atoms with Crippen LogP contribution in [0.15, 0.2) is 42.7 Å². The first-order chi connectivity index (χ1) is 12.0. The van der Waals surface area contributed by atoms with Gasteiger partial charge in [-0.25, -0.2) is 0 Å². The molecule has 1 heterocycles. The average molecular weight is 352 g/mol. The van der Waals surface area contributed by atoms with Crippen molar-refractivity contribution in [3.63, 3.8) is 0 Å². The van der Waals surface area contributed by atoms with Crippen LogP contribution in [-0.2, 0) is 10.8 Å². The molecule has 1 aromatic heterocycles. The number of pyridine rings is 1. The van der Waals surface area contributed by atoms with Gasteiger partial charge in [0.15, 0.2) is 0 Å². The van der Waals surface area contributed by atoms with Gasteiger partial charge in [0.1, 0.15) is 0 Å². The van der Waals surface area contributed by atoms with Gasteiger partial charge in [-0.3, -0.25) is 4.98 Å². The van der Waals surface area contributed by atoms with Crippen LogP contribution in [0.2, 0.25) is 0 Å². The zero-order chi connectivity index (χ0) is 19.5. The van der Waals surface area contributed by atoms with Gasteiger partial charge < -0.3 is 0 Å². The van der Waals surface area contributed by atoms with E-state index in [-0.39, 0.29) is 10.8 Å². The van der Waals surface area contributed by atoms with Crippen LogP contribution in [0.4, 0.5) is 0 Å². The second-order valence-electron chi connectivity index (χ2n) is 9.86. The second-order valence-corrected chi connectivity index (χ2v) is 9.86. The Morgan fingerprint density at radius 2 is 1.50 bits per heavy atom. The Bertz CT molecular complexity index is 719. The first kappa shape index (κ1) is 20.7. The van der Waals surface area contributed by atoms with Gasteiger partial charge in [-0.1, -0.05) is 85.7 Å². The molecule has 2 aromatic rings. The van der Waals surface area contributed by atoms with Crippen LogP contribution in [-0.4, -0.2) is 4.98 Å². The molecule has 0 aliphatic rings. The van der Waals surface area contributed by atoms with Crippen LogP contribution < -0.4 is 0 Å². The van der Waals surface area contributed by atoms with E-state index >= 15 is 0 Å². The van der Waals surface area contributed by atoms with Crippen LogP contribution in [0.1, 0.15) is 102 Å². The molecule has 0 radical (unpaired) electrons. The Hall–Kier alpha value is -1.63. The van der Waals surface area contributed by atoms with Crippen molar-refractivity contribution in [1.82, 2.24) is 4.98 Å². The molecule has 0 bridgehead atoms. The Labute approximate surface area is 161 Å². The maximum Gasteiger partial charge on any atom is 0.0305 e. The van der Waals surface area contributed by atoms with E-state index in [4.69, 9.17) is 0 Å². The SMILES string of the molecule is CC(C)c1cccc(C(C)(C)CCC(C)c2cncc(C(C)(C)C)c2)c1. The Morgan fingerprint density at radius 1 is 0.846 bits per heavy atom. The fourth-order valence-electron chi connectivity index (χ4n) is 3.34. The smallest absolute Gasteiger partial charge is 0.0305 e. The molecule has 0 N–H and O–H groups in total. The first-order valence-corrected chi connectivity index (χ1v) is 10.1. The lowest BCUT2D eigenvalue weighted by atomic mass is 9.77. The molecule has 0 aliphatic carbocycles. The zero-order valence-corrected chi connectivity index (χ0v) is 18.1. The van der Waals surface area contributed by atoms with Crippen molar-refractivity contribution in [2.75, 3.05) is 0 Å². The highest BCUT2D eigenvalue weighted by Crippen LogP contribution is 2.34. The van der Waals surface area contributed by atoms with Gasteiger partial charge in [-0.2, -0.15) is 0 Å². The third kappa shape index (κ3) is 5.19. The molecule has 1 nitrogen and oxygen atoms in total. The standard InChI is InChI=1S/C25H37N/c1-18(2)20-10-9-11-22(14-20)25(7,8)13-12-19(3)21-15-23(17-26-16-21)24(4,5)6/h9-11,14-19H,12-13H2,1-8H3. The molecular weight excluding hydrogens is 314 g/mol. The molecule has 0 fully saturated rings. The van der Waals surface area contributed by atoms with Gasteiger partial charge in [0.05, 0.1) is 0 Å². The molecule has 26 heavy (non-hydrogen) atoms. The van der Waals surface area contributed by atoms with Gasteiger partial charge in [-0.15, -0.1) is 0 Å². The number of benzene rings is 1. The van der Waals surface area contributed by atoms with E-state index < -0.39 is 0 Å². The average Bonchev–Trinajstić information content (AvgIpc) is 2.59. The normalized spacial score (nSPS) is 13.9. The second kappa shape index (κ2) is 7.94. The molecule has 0 spiro atoms. The van der Waals surface area contributed by atoms with Crippen LogP contribution >= 0.6 is 0 Å². The number of nitrogens with zero attached hydrogens (tertiary/aromatic N) is 1. The summed E-state index contributed by atoms with van der Waals surface area (Å²) in [5.41, 5.74) is 5.92. The molecular formula is C25H37N. The highest BCUT2D eigenvalue weighted by atomic mass is 14.6. The Balaban J connectivity index is 2.11. The summed E-state index contributed by atoms with van der Waals surface area (Å²) in [6.07, 6.45) is 6.41. The van der Waals surface area contributed by atoms with Gasteiger partial charge in [0.25, 0.3) is 0 Å². The van der Waals surface area contributed by atoms with E-state index in [1.807, 2.05) is 12.4 Å². The number of rotatable bonds is 6. The summed E-state index contributed by atoms with van der Waals surface area (Å²) in [4.78, 5) is 4.51. The topological polar surface area (TPSA) is 12.9 Å². The molecule has 1 atom stereocenters. The van der Waals surface area contributed by atoms with E-state index in [9.17, 15) is 0 Å². The summed E-state index contributed by atoms with van der Waals surface area (Å²) in [7, 11) is 0. The fraction of sp³-hybridized carbons (Fsp3) is 0.560. The summed E-state index contributed by atoms with van der Waals surface area (Å²) in [6.45, 7) is 18.4. The summed E-state index contributed by atoms with van der Waals surface area (Å²) in [5.74, 6) is 1.10. The highest BCUT2D eigenvalue weighted by molar-refractivity contribution is 5.31. The van der Waals surface area contributed by atoms with Crippen molar-refractivity contribution >= 4 is 0 Å². The van der Waals surface area contributed by atoms with Crippen LogP contribution in [0.3, 0.4) is 0 Å². The van der Waals surface area contributed by atoms with E-state index in [1.165, 1.54) is 35.1 Å². The molecule has 1 heteroatoms. The highest BCUT2D eigenvalue weighted by Gasteiger charge is 2.23. The van der Waals surface area contributed by atoms with Crippen molar-refractivity contribution in [2.45, 2.75) is 90.9 Å². The zero-order valence-electron chi connectivity index (χ0n) is 18.1. The largest absolute Gasteiger partial charge is 0.264 e. The third-order valence-electron chi connectivity index (χ3n) is 5.73. The Morgan fingerprint density at radius 3 is 2.12 bits per heavy atom. The number of aromatic nitrogens is 1. The fourth-order valence-corrected chi connectivity index (χ4v) is 3.34. The van der Waals surface area contributed by atoms with Crippen molar-refractivity contribution in [1.29, 1.82) is 0 Å². The van der Waals surface area contributed by atoms with Gasteiger partial charge >= 0.3 is 0 Å². The minimum absolute atomic E-state index is 0.152. The van der Waals surface area contributed by atoms with Crippen LogP contribution in [0, 0.1) is 0 Å². The van der Waals surface area contributed by atoms with Crippen molar-refractivity contribution in [3.05, 3.63) is 65.0 Å². The minimum atomic E-state index is 0.152. The summed E-state index contributed by atoms with van der Waals surface area (Å²) in [6, 6.07) is 11.5. The molecule has 1 unspecified atom stereocenters. The van der Waals surface area contributed by atoms with Crippen LogP contribution in [0.5, 0.6) is 0 Å². The van der Waals surface area contributed by atoms with Crippen LogP contribution in [0.25, 0.3) is 0 Å². The maximum absolute atomic E-state index is 4.51. The van der Waals surface area contributed by atoms with E-state index in [2.05, 4.69) is 90.7 Å². The lowest BCUT2D eigenvalue weighted by Crippen LogP contribution is -2.18. The predicted octanol–water partition coefficient (Wildman–Crippen LogP) is 7.36. The first-order valence-electron chi connectivity index (χ1n) is 10.1. The molecule has 0 saturated carbocycles. The van der Waals surface area contributed by atoms with E-state index in [0.717, 1.165) is 0 Å². The molecule has 0 aliphatic heterocycles. The number of hydrogen-bond donors (Lipinski definition) is 0. The summed E-state index contributed by atoms with van der Waals surface area (Å²) < 4.78 is 0. The lowest BCUT2D eigenvalue weighted by molar-refractivity contribution is 0.438. The predicted molar refractivity (Wildman–Crippen MR) is 114 cm³/mol. The van der Waals surface area contributed by atoms with Crippen molar-refractivity contribution < 1.29 is 0 Å². The van der Waals surface area contributed by atoms with Gasteiger partial charge in [-0.05, 0) is 57.8 Å². The quantitative estimate of drug-likeness (QED) is 0.529. The summed E-state index contributed by atoms with van der Waals surface area (Å²) in [5, 5.41) is 0.